The number of anilines is 1. The van der Waals surface area contributed by atoms with E-state index in [1.807, 2.05) is 6.21 Å². The van der Waals surface area contributed by atoms with E-state index in [-0.39, 0.29) is 6.04 Å². The molecular formula is C29H38N6O3S. The fraction of sp³-hybridized carbons (Fsp3) is 0.483. The maximum atomic E-state index is 12.0. The van der Waals surface area contributed by atoms with E-state index < -0.39 is 10.0 Å². The molecule has 0 spiro atoms. The first kappa shape index (κ1) is 27.6. The Bertz CT molecular complexity index is 1460. The first-order valence-electron chi connectivity index (χ1n) is 13.6. The van der Waals surface area contributed by atoms with Gasteiger partial charge in [-0.25, -0.2) is 18.4 Å². The van der Waals surface area contributed by atoms with Gasteiger partial charge in [0.15, 0.2) is 0 Å². The number of piperazine rings is 1. The lowest BCUT2D eigenvalue weighted by atomic mass is 9.96. The van der Waals surface area contributed by atoms with Crippen molar-refractivity contribution in [2.75, 3.05) is 63.6 Å². The van der Waals surface area contributed by atoms with Gasteiger partial charge in [0, 0.05) is 74.6 Å². The molecule has 3 aromatic rings. The SMILES string of the molecule is Cc1cccc(-c2nc(N3CCOCC3)nc3c(CN4CCN(S(C)(=O)=O)CC4)cccc23)c1C=NC(C)C. The first-order chi connectivity index (χ1) is 18.7. The molecule has 3 heterocycles. The average molecular weight is 551 g/mol. The van der Waals surface area contributed by atoms with Gasteiger partial charge in [-0.2, -0.15) is 4.31 Å². The third-order valence-electron chi connectivity index (χ3n) is 7.37. The summed E-state index contributed by atoms with van der Waals surface area (Å²) in [5.41, 5.74) is 6.21. The third-order valence-corrected chi connectivity index (χ3v) is 8.67. The van der Waals surface area contributed by atoms with Crippen molar-refractivity contribution in [3.05, 3.63) is 53.1 Å². The minimum atomic E-state index is -3.17. The van der Waals surface area contributed by atoms with E-state index in [9.17, 15) is 8.42 Å². The first-order valence-corrected chi connectivity index (χ1v) is 15.5. The normalized spacial score (nSPS) is 18.0. The monoisotopic (exact) mass is 550 g/mol. The number of aliphatic imine (C=N–C) groups is 1. The lowest BCUT2D eigenvalue weighted by molar-refractivity contribution is 0.122. The summed E-state index contributed by atoms with van der Waals surface area (Å²) in [5, 5.41) is 1.00. The van der Waals surface area contributed by atoms with Crippen LogP contribution in [0.3, 0.4) is 0 Å². The molecule has 0 unspecified atom stereocenters. The summed E-state index contributed by atoms with van der Waals surface area (Å²) < 4.78 is 31.1. The van der Waals surface area contributed by atoms with Crippen molar-refractivity contribution in [3.8, 4) is 11.3 Å². The van der Waals surface area contributed by atoms with Crippen LogP contribution in [-0.4, -0.2) is 98.6 Å². The molecule has 0 amide bonds. The molecule has 2 aromatic carbocycles. The van der Waals surface area contributed by atoms with Gasteiger partial charge in [-0.3, -0.25) is 9.89 Å². The number of rotatable bonds is 7. The standard InChI is InChI=1S/C29H38N6O3S/c1-21(2)30-19-26-22(3)7-5-9-24(26)28-25-10-6-8-23(20-33-11-13-35(14-12-33)39(4,36)37)27(25)31-29(32-28)34-15-17-38-18-16-34/h5-10,19,21H,11-18,20H2,1-4H3. The number of morpholine rings is 1. The summed E-state index contributed by atoms with van der Waals surface area (Å²) in [6, 6.07) is 12.8. The van der Waals surface area contributed by atoms with Crippen LogP contribution >= 0.6 is 0 Å². The van der Waals surface area contributed by atoms with Crippen LogP contribution in [0.5, 0.6) is 0 Å². The molecule has 0 N–H and O–H groups in total. The highest BCUT2D eigenvalue weighted by Gasteiger charge is 2.25. The third kappa shape index (κ3) is 6.30. The van der Waals surface area contributed by atoms with E-state index in [1.54, 1.807) is 4.31 Å². The number of sulfonamides is 1. The number of hydrogen-bond donors (Lipinski definition) is 0. The van der Waals surface area contributed by atoms with Gasteiger partial charge in [0.1, 0.15) is 0 Å². The summed E-state index contributed by atoms with van der Waals surface area (Å²) in [4.78, 5) is 19.5. The number of fused-ring (bicyclic) bond motifs is 1. The molecule has 1 aromatic heterocycles. The van der Waals surface area contributed by atoms with E-state index >= 15 is 0 Å². The predicted molar refractivity (Wildman–Crippen MR) is 157 cm³/mol. The number of aryl methyl sites for hydroxylation is 1. The second-order valence-electron chi connectivity index (χ2n) is 10.6. The zero-order valence-electron chi connectivity index (χ0n) is 23.3. The molecule has 2 saturated heterocycles. The van der Waals surface area contributed by atoms with Gasteiger partial charge in [0.25, 0.3) is 0 Å². The molecule has 2 fully saturated rings. The highest BCUT2D eigenvalue weighted by molar-refractivity contribution is 7.88. The smallest absolute Gasteiger partial charge is 0.226 e. The Kier molecular flexibility index (Phi) is 8.27. The summed E-state index contributed by atoms with van der Waals surface area (Å²) in [6.45, 7) is 12.1. The second-order valence-corrected chi connectivity index (χ2v) is 12.6. The molecule has 208 valence electrons. The quantitative estimate of drug-likeness (QED) is 0.417. The van der Waals surface area contributed by atoms with E-state index in [0.717, 1.165) is 51.9 Å². The zero-order chi connectivity index (χ0) is 27.6. The minimum absolute atomic E-state index is 0.193. The topological polar surface area (TPSA) is 91.2 Å². The Labute approximate surface area is 231 Å². The Morgan fingerprint density at radius 3 is 2.41 bits per heavy atom. The van der Waals surface area contributed by atoms with Crippen molar-refractivity contribution in [1.82, 2.24) is 19.2 Å². The van der Waals surface area contributed by atoms with Gasteiger partial charge in [-0.15, -0.1) is 0 Å². The van der Waals surface area contributed by atoms with Crippen molar-refractivity contribution < 1.29 is 13.2 Å². The number of ether oxygens (including phenoxy) is 1. The molecule has 10 heteroatoms. The second kappa shape index (κ2) is 11.7. The van der Waals surface area contributed by atoms with Crippen molar-refractivity contribution in [1.29, 1.82) is 0 Å². The highest BCUT2D eigenvalue weighted by atomic mass is 32.2. The van der Waals surface area contributed by atoms with Crippen LogP contribution in [0.2, 0.25) is 0 Å². The molecule has 2 aliphatic heterocycles. The van der Waals surface area contributed by atoms with Crippen LogP contribution < -0.4 is 4.90 Å². The molecule has 0 radical (unpaired) electrons. The van der Waals surface area contributed by atoms with Crippen molar-refractivity contribution >= 4 is 33.1 Å². The van der Waals surface area contributed by atoms with Gasteiger partial charge < -0.3 is 9.64 Å². The van der Waals surface area contributed by atoms with Crippen molar-refractivity contribution in [2.24, 2.45) is 4.99 Å². The summed E-state index contributed by atoms with van der Waals surface area (Å²) in [6.07, 6.45) is 3.26. The van der Waals surface area contributed by atoms with Gasteiger partial charge in [-0.05, 0) is 31.9 Å². The van der Waals surface area contributed by atoms with Crippen molar-refractivity contribution in [3.63, 3.8) is 0 Å². The fourth-order valence-electron chi connectivity index (χ4n) is 5.18. The van der Waals surface area contributed by atoms with E-state index in [1.165, 1.54) is 6.26 Å². The summed E-state index contributed by atoms with van der Waals surface area (Å²) in [5.74, 6) is 0.711. The Hall–Kier alpha value is -2.92. The zero-order valence-corrected chi connectivity index (χ0v) is 24.1. The number of hydrogen-bond acceptors (Lipinski definition) is 8. The maximum Gasteiger partial charge on any atom is 0.226 e. The molecule has 0 bridgehead atoms. The largest absolute Gasteiger partial charge is 0.378 e. The average Bonchev–Trinajstić information content (AvgIpc) is 2.92. The predicted octanol–water partition coefficient (Wildman–Crippen LogP) is 3.35. The Morgan fingerprint density at radius 1 is 1.00 bits per heavy atom. The molecular weight excluding hydrogens is 512 g/mol. The fourth-order valence-corrected chi connectivity index (χ4v) is 6.01. The van der Waals surface area contributed by atoms with Gasteiger partial charge in [0.05, 0.1) is 30.7 Å². The van der Waals surface area contributed by atoms with E-state index in [4.69, 9.17) is 19.7 Å². The molecule has 39 heavy (non-hydrogen) atoms. The number of para-hydroxylation sites is 1. The van der Waals surface area contributed by atoms with Crippen LogP contribution in [0.15, 0.2) is 41.4 Å². The van der Waals surface area contributed by atoms with Gasteiger partial charge in [0.2, 0.25) is 16.0 Å². The molecule has 0 saturated carbocycles. The molecule has 0 aliphatic carbocycles. The van der Waals surface area contributed by atoms with Gasteiger partial charge in [-0.1, -0.05) is 36.4 Å². The lowest BCUT2D eigenvalue weighted by Gasteiger charge is -2.33. The maximum absolute atomic E-state index is 12.0. The highest BCUT2D eigenvalue weighted by Crippen LogP contribution is 2.33. The lowest BCUT2D eigenvalue weighted by Crippen LogP contribution is -2.47. The Balaban J connectivity index is 1.60. The van der Waals surface area contributed by atoms with Crippen LogP contribution in [0.25, 0.3) is 22.2 Å². The molecule has 5 rings (SSSR count). The van der Waals surface area contributed by atoms with Crippen molar-refractivity contribution in [2.45, 2.75) is 33.4 Å². The van der Waals surface area contributed by atoms with E-state index in [2.05, 4.69) is 67.0 Å². The van der Waals surface area contributed by atoms with Crippen LogP contribution in [0, 0.1) is 6.92 Å². The number of benzene rings is 2. The van der Waals surface area contributed by atoms with Crippen LogP contribution in [-0.2, 0) is 21.3 Å². The van der Waals surface area contributed by atoms with Crippen LogP contribution in [0.1, 0.15) is 30.5 Å². The number of aromatic nitrogens is 2. The molecule has 9 nitrogen and oxygen atoms in total. The van der Waals surface area contributed by atoms with E-state index in [0.29, 0.717) is 51.9 Å². The Morgan fingerprint density at radius 2 is 1.72 bits per heavy atom. The summed E-state index contributed by atoms with van der Waals surface area (Å²) >= 11 is 0. The number of nitrogens with zero attached hydrogens (tertiary/aromatic N) is 6. The molecule has 0 atom stereocenters. The minimum Gasteiger partial charge on any atom is -0.378 e. The summed E-state index contributed by atoms with van der Waals surface area (Å²) in [7, 11) is -3.17. The molecule has 2 aliphatic rings. The van der Waals surface area contributed by atoms with Gasteiger partial charge >= 0.3 is 0 Å². The van der Waals surface area contributed by atoms with Crippen LogP contribution in [0.4, 0.5) is 5.95 Å².